The fraction of sp³-hybridized carbons (Fsp3) is 0.182. The third-order valence-corrected chi connectivity index (χ3v) is 2.33. The number of aliphatic carboxylic acids is 1. The average Bonchev–Trinajstić information content (AvgIpc) is 2.26. The molecule has 1 aromatic carbocycles. The standard InChI is InChI=1S/C11H7F3O3/c12-11(13,14)8-2-1-6-3-7(10(15)16)5-17-9(6)4-8/h1-4H,5H2,(H,15,16). The number of fused-ring (bicyclic) bond motifs is 1. The Morgan fingerprint density at radius 1 is 1.35 bits per heavy atom. The summed E-state index contributed by atoms with van der Waals surface area (Å²) in [7, 11) is 0. The number of hydrogen-bond acceptors (Lipinski definition) is 2. The van der Waals surface area contributed by atoms with Crippen LogP contribution in [0.2, 0.25) is 0 Å². The van der Waals surface area contributed by atoms with Gasteiger partial charge in [-0.2, -0.15) is 13.2 Å². The van der Waals surface area contributed by atoms with Crippen LogP contribution in [0.5, 0.6) is 5.75 Å². The molecule has 0 aromatic heterocycles. The molecule has 6 heteroatoms. The molecule has 1 aliphatic heterocycles. The van der Waals surface area contributed by atoms with E-state index in [0.717, 1.165) is 12.1 Å². The van der Waals surface area contributed by atoms with Gasteiger partial charge in [0.05, 0.1) is 11.1 Å². The summed E-state index contributed by atoms with van der Waals surface area (Å²) in [5.74, 6) is -1.10. The lowest BCUT2D eigenvalue weighted by atomic mass is 10.0. The molecular formula is C11H7F3O3. The van der Waals surface area contributed by atoms with Crippen molar-refractivity contribution in [3.63, 3.8) is 0 Å². The maximum absolute atomic E-state index is 12.4. The largest absolute Gasteiger partial charge is 0.488 e. The third-order valence-electron chi connectivity index (χ3n) is 2.33. The Labute approximate surface area is 94.1 Å². The van der Waals surface area contributed by atoms with Crippen LogP contribution in [0.3, 0.4) is 0 Å². The van der Waals surface area contributed by atoms with E-state index in [1.165, 1.54) is 12.1 Å². The number of hydrogen-bond donors (Lipinski definition) is 1. The highest BCUT2D eigenvalue weighted by Gasteiger charge is 2.31. The number of carboxylic acids is 1. The first kappa shape index (κ1) is 11.5. The molecular weight excluding hydrogens is 237 g/mol. The Bertz CT molecular complexity index is 503. The Morgan fingerprint density at radius 2 is 2.06 bits per heavy atom. The van der Waals surface area contributed by atoms with Gasteiger partial charge in [-0.1, -0.05) is 6.07 Å². The number of benzene rings is 1. The molecule has 17 heavy (non-hydrogen) atoms. The Balaban J connectivity index is 2.42. The molecule has 0 amide bonds. The van der Waals surface area contributed by atoms with Crippen molar-refractivity contribution in [2.24, 2.45) is 0 Å². The molecule has 1 heterocycles. The zero-order chi connectivity index (χ0) is 12.6. The maximum atomic E-state index is 12.4. The molecule has 1 aromatic rings. The van der Waals surface area contributed by atoms with E-state index in [1.807, 2.05) is 0 Å². The van der Waals surface area contributed by atoms with E-state index in [4.69, 9.17) is 9.84 Å². The molecule has 0 fully saturated rings. The first-order valence-corrected chi connectivity index (χ1v) is 4.66. The molecule has 0 atom stereocenters. The Kier molecular flexibility index (Phi) is 2.57. The van der Waals surface area contributed by atoms with Crippen LogP contribution >= 0.6 is 0 Å². The minimum Gasteiger partial charge on any atom is -0.488 e. The van der Waals surface area contributed by atoms with Crippen molar-refractivity contribution in [3.8, 4) is 5.75 Å². The second-order valence-corrected chi connectivity index (χ2v) is 3.51. The third kappa shape index (κ3) is 2.25. The van der Waals surface area contributed by atoms with Crippen LogP contribution in [0.1, 0.15) is 11.1 Å². The lowest BCUT2D eigenvalue weighted by molar-refractivity contribution is -0.138. The number of alkyl halides is 3. The van der Waals surface area contributed by atoms with Crippen molar-refractivity contribution in [1.29, 1.82) is 0 Å². The van der Waals surface area contributed by atoms with Gasteiger partial charge in [0, 0.05) is 5.56 Å². The highest BCUT2D eigenvalue weighted by molar-refractivity contribution is 5.93. The minimum atomic E-state index is -4.44. The predicted molar refractivity (Wildman–Crippen MR) is 52.6 cm³/mol. The molecule has 0 spiro atoms. The van der Waals surface area contributed by atoms with Crippen LogP contribution in [-0.2, 0) is 11.0 Å². The quantitative estimate of drug-likeness (QED) is 0.825. The van der Waals surface area contributed by atoms with E-state index < -0.39 is 17.7 Å². The maximum Gasteiger partial charge on any atom is 0.416 e. The molecule has 0 aliphatic carbocycles. The van der Waals surface area contributed by atoms with E-state index >= 15 is 0 Å². The topological polar surface area (TPSA) is 46.5 Å². The molecule has 0 saturated carbocycles. The normalized spacial score (nSPS) is 14.6. The lowest BCUT2D eigenvalue weighted by Gasteiger charge is -2.17. The van der Waals surface area contributed by atoms with Gasteiger partial charge < -0.3 is 9.84 Å². The van der Waals surface area contributed by atoms with Crippen molar-refractivity contribution in [2.75, 3.05) is 6.61 Å². The van der Waals surface area contributed by atoms with Gasteiger partial charge >= 0.3 is 12.1 Å². The fourth-order valence-corrected chi connectivity index (χ4v) is 1.46. The Morgan fingerprint density at radius 3 is 2.65 bits per heavy atom. The summed E-state index contributed by atoms with van der Waals surface area (Å²) in [4.78, 5) is 10.7. The van der Waals surface area contributed by atoms with E-state index in [1.54, 1.807) is 0 Å². The predicted octanol–water partition coefficient (Wildman–Crippen LogP) is 2.57. The van der Waals surface area contributed by atoms with Gasteiger partial charge in [-0.3, -0.25) is 0 Å². The first-order valence-electron chi connectivity index (χ1n) is 4.66. The average molecular weight is 244 g/mol. The van der Waals surface area contributed by atoms with Crippen molar-refractivity contribution in [3.05, 3.63) is 34.9 Å². The molecule has 0 saturated heterocycles. The smallest absolute Gasteiger partial charge is 0.416 e. The molecule has 0 radical (unpaired) electrons. The van der Waals surface area contributed by atoms with Gasteiger partial charge in [-0.15, -0.1) is 0 Å². The second kappa shape index (κ2) is 3.80. The first-order chi connectivity index (χ1) is 7.88. The summed E-state index contributed by atoms with van der Waals surface area (Å²) < 4.78 is 42.2. The number of carbonyl (C=O) groups is 1. The molecule has 1 N–H and O–H groups in total. The van der Waals surface area contributed by atoms with Crippen LogP contribution in [0, 0.1) is 0 Å². The lowest BCUT2D eigenvalue weighted by Crippen LogP contribution is -2.15. The second-order valence-electron chi connectivity index (χ2n) is 3.51. The van der Waals surface area contributed by atoms with Crippen LogP contribution < -0.4 is 4.74 Å². The summed E-state index contributed by atoms with van der Waals surface area (Å²) in [5, 5.41) is 8.72. The van der Waals surface area contributed by atoms with Gasteiger partial charge in [-0.05, 0) is 18.2 Å². The number of halogens is 3. The summed E-state index contributed by atoms with van der Waals surface area (Å²) in [6.45, 7) is -0.232. The van der Waals surface area contributed by atoms with Gasteiger partial charge in [-0.25, -0.2) is 4.79 Å². The molecule has 3 nitrogen and oxygen atoms in total. The van der Waals surface area contributed by atoms with E-state index in [9.17, 15) is 18.0 Å². The monoisotopic (exact) mass is 244 g/mol. The Hall–Kier alpha value is -1.98. The van der Waals surface area contributed by atoms with Crippen molar-refractivity contribution < 1.29 is 27.8 Å². The SMILES string of the molecule is O=C(O)C1=Cc2ccc(C(F)(F)F)cc2OC1. The van der Waals surface area contributed by atoms with E-state index in [-0.39, 0.29) is 17.9 Å². The highest BCUT2D eigenvalue weighted by atomic mass is 19.4. The molecule has 1 aliphatic rings. The summed E-state index contributed by atoms with van der Waals surface area (Å²) in [6.07, 6.45) is -3.13. The van der Waals surface area contributed by atoms with Gasteiger partial charge in [0.15, 0.2) is 0 Å². The van der Waals surface area contributed by atoms with Gasteiger partial charge in [0.2, 0.25) is 0 Å². The summed E-state index contributed by atoms with van der Waals surface area (Å²) >= 11 is 0. The number of carboxylic acid groups (broad SMARTS) is 1. The molecule has 0 bridgehead atoms. The van der Waals surface area contributed by atoms with Crippen LogP contribution in [0.15, 0.2) is 23.8 Å². The zero-order valence-electron chi connectivity index (χ0n) is 8.41. The number of ether oxygens (including phenoxy) is 1. The molecule has 0 unspecified atom stereocenters. The molecule has 2 rings (SSSR count). The number of rotatable bonds is 1. The fourth-order valence-electron chi connectivity index (χ4n) is 1.46. The van der Waals surface area contributed by atoms with Gasteiger partial charge in [0.1, 0.15) is 12.4 Å². The van der Waals surface area contributed by atoms with Crippen molar-refractivity contribution >= 4 is 12.0 Å². The zero-order valence-corrected chi connectivity index (χ0v) is 8.41. The van der Waals surface area contributed by atoms with Gasteiger partial charge in [0.25, 0.3) is 0 Å². The van der Waals surface area contributed by atoms with Crippen LogP contribution in [0.25, 0.3) is 6.08 Å². The summed E-state index contributed by atoms with van der Waals surface area (Å²) in [6, 6.07) is 2.95. The highest BCUT2D eigenvalue weighted by Crippen LogP contribution is 2.35. The van der Waals surface area contributed by atoms with Crippen LogP contribution in [0.4, 0.5) is 13.2 Å². The minimum absolute atomic E-state index is 0.0114. The van der Waals surface area contributed by atoms with Crippen LogP contribution in [-0.4, -0.2) is 17.7 Å². The summed E-state index contributed by atoms with van der Waals surface area (Å²) in [5.41, 5.74) is -0.470. The van der Waals surface area contributed by atoms with E-state index in [2.05, 4.69) is 0 Å². The molecule has 90 valence electrons. The van der Waals surface area contributed by atoms with E-state index in [0.29, 0.717) is 5.56 Å². The van der Waals surface area contributed by atoms with Crippen molar-refractivity contribution in [2.45, 2.75) is 6.18 Å². The van der Waals surface area contributed by atoms with Crippen molar-refractivity contribution in [1.82, 2.24) is 0 Å².